The molecule has 3 heterocycles. The fourth-order valence-corrected chi connectivity index (χ4v) is 5.03. The fourth-order valence-electron chi connectivity index (χ4n) is 4.66. The van der Waals surface area contributed by atoms with Crippen molar-refractivity contribution >= 4 is 35.1 Å². The molecule has 4 rings (SSSR count). The Morgan fingerprint density at radius 2 is 2.06 bits per heavy atom. The van der Waals surface area contributed by atoms with Crippen LogP contribution in [0.15, 0.2) is 41.5 Å². The van der Waals surface area contributed by atoms with Crippen molar-refractivity contribution in [1.82, 2.24) is 9.88 Å². The zero-order valence-electron chi connectivity index (χ0n) is 19.6. The molecule has 2 amide bonds. The molecule has 2 aliphatic rings. The SMILES string of the molecule is C[C@@H]1C[C@H](N2C(=O)C[C@@](C)(c3cccc(NC(=O)c4cccnc4C(F)(F)F)c3Cl)N=C2N)CCO1. The van der Waals surface area contributed by atoms with Gasteiger partial charge in [0.05, 0.1) is 34.3 Å². The first-order valence-electron chi connectivity index (χ1n) is 11.3. The third-order valence-electron chi connectivity index (χ3n) is 6.34. The third-order valence-corrected chi connectivity index (χ3v) is 6.75. The minimum atomic E-state index is -4.81. The number of nitrogens with zero attached hydrogens (tertiary/aromatic N) is 3. The molecule has 12 heteroatoms. The van der Waals surface area contributed by atoms with Gasteiger partial charge in [-0.2, -0.15) is 13.2 Å². The van der Waals surface area contributed by atoms with Gasteiger partial charge < -0.3 is 15.8 Å². The van der Waals surface area contributed by atoms with E-state index in [0.29, 0.717) is 25.0 Å². The summed E-state index contributed by atoms with van der Waals surface area (Å²) in [6.07, 6.45) is -2.62. The quantitative estimate of drug-likeness (QED) is 0.619. The second-order valence-electron chi connectivity index (χ2n) is 9.06. The smallest absolute Gasteiger partial charge is 0.378 e. The van der Waals surface area contributed by atoms with Crippen molar-refractivity contribution in [3.8, 4) is 0 Å². The summed E-state index contributed by atoms with van der Waals surface area (Å²) < 4.78 is 45.5. The van der Waals surface area contributed by atoms with Crippen LogP contribution in [0.5, 0.6) is 0 Å². The molecule has 0 unspecified atom stereocenters. The van der Waals surface area contributed by atoms with Gasteiger partial charge in [0.15, 0.2) is 11.7 Å². The third kappa shape index (κ3) is 5.03. The predicted molar refractivity (Wildman–Crippen MR) is 128 cm³/mol. The van der Waals surface area contributed by atoms with Crippen LogP contribution in [0.1, 0.15) is 54.7 Å². The first-order valence-corrected chi connectivity index (χ1v) is 11.7. The first-order chi connectivity index (χ1) is 16.9. The van der Waals surface area contributed by atoms with E-state index in [0.717, 1.165) is 12.3 Å². The van der Waals surface area contributed by atoms with Gasteiger partial charge in [0.1, 0.15) is 0 Å². The van der Waals surface area contributed by atoms with Gasteiger partial charge in [-0.1, -0.05) is 23.7 Å². The molecule has 8 nitrogen and oxygen atoms in total. The molecule has 0 aliphatic carbocycles. The number of rotatable bonds is 4. The molecule has 1 saturated heterocycles. The number of amides is 2. The molecule has 0 bridgehead atoms. The van der Waals surface area contributed by atoms with E-state index in [1.54, 1.807) is 19.1 Å². The standard InChI is InChI=1S/C24H25ClF3N5O3/c1-13-11-14(8-10-36-13)33-18(34)12-23(2,32-22(33)29)16-6-3-7-17(19(16)25)31-21(35)15-5-4-9-30-20(15)24(26,27)28/h3-7,9,13-14H,8,10-12H2,1-2H3,(H2,29,32)(H,31,35)/t13-,14-,23+/m1/s1. The molecule has 36 heavy (non-hydrogen) atoms. The van der Waals surface area contributed by atoms with Crippen molar-refractivity contribution < 1.29 is 27.5 Å². The molecule has 192 valence electrons. The van der Waals surface area contributed by atoms with Gasteiger partial charge in [-0.05, 0) is 44.9 Å². The summed E-state index contributed by atoms with van der Waals surface area (Å²) in [7, 11) is 0. The van der Waals surface area contributed by atoms with Crippen LogP contribution in [0.4, 0.5) is 18.9 Å². The lowest BCUT2D eigenvalue weighted by Crippen LogP contribution is -2.56. The number of pyridine rings is 1. The highest BCUT2D eigenvalue weighted by Crippen LogP contribution is 2.41. The lowest BCUT2D eigenvalue weighted by molar-refractivity contribution is -0.141. The van der Waals surface area contributed by atoms with Crippen molar-refractivity contribution in [2.75, 3.05) is 11.9 Å². The zero-order chi connectivity index (χ0) is 26.3. The minimum absolute atomic E-state index is 0.00919. The number of nitrogens with two attached hydrogens (primary N) is 1. The van der Waals surface area contributed by atoms with Gasteiger partial charge >= 0.3 is 6.18 Å². The molecule has 0 spiro atoms. The van der Waals surface area contributed by atoms with Gasteiger partial charge in [-0.3, -0.25) is 19.5 Å². The lowest BCUT2D eigenvalue weighted by atomic mass is 9.86. The second-order valence-corrected chi connectivity index (χ2v) is 9.44. The Kier molecular flexibility index (Phi) is 6.98. The fraction of sp³-hybridized carbons (Fsp3) is 0.417. The van der Waals surface area contributed by atoms with Crippen LogP contribution in [-0.4, -0.2) is 46.4 Å². The molecule has 3 atom stereocenters. The highest BCUT2D eigenvalue weighted by atomic mass is 35.5. The summed E-state index contributed by atoms with van der Waals surface area (Å²) >= 11 is 6.59. The van der Waals surface area contributed by atoms with Crippen LogP contribution in [0.25, 0.3) is 0 Å². The van der Waals surface area contributed by atoms with Gasteiger partial charge in [0, 0.05) is 24.4 Å². The highest BCUT2D eigenvalue weighted by Gasteiger charge is 2.42. The first kappa shape index (κ1) is 25.9. The molecular formula is C24H25ClF3N5O3. The second kappa shape index (κ2) is 9.70. The number of benzene rings is 1. The summed E-state index contributed by atoms with van der Waals surface area (Å²) in [5, 5.41) is 2.47. The maximum Gasteiger partial charge on any atom is 0.434 e. The number of nitrogens with one attached hydrogen (secondary N) is 1. The Morgan fingerprint density at radius 3 is 2.72 bits per heavy atom. The van der Waals surface area contributed by atoms with Crippen LogP contribution in [0, 0.1) is 0 Å². The maximum absolute atomic E-state index is 13.3. The molecule has 0 saturated carbocycles. The monoisotopic (exact) mass is 523 g/mol. The van der Waals surface area contributed by atoms with Crippen molar-refractivity contribution in [3.63, 3.8) is 0 Å². The van der Waals surface area contributed by atoms with Crippen molar-refractivity contribution in [2.24, 2.45) is 10.7 Å². The Balaban J connectivity index is 1.63. The lowest BCUT2D eigenvalue weighted by Gasteiger charge is -2.41. The van der Waals surface area contributed by atoms with Gasteiger partial charge in [0.25, 0.3) is 5.91 Å². The number of carbonyl (C=O) groups is 2. The van der Waals surface area contributed by atoms with E-state index in [-0.39, 0.29) is 41.1 Å². The van der Waals surface area contributed by atoms with Gasteiger partial charge in [-0.15, -0.1) is 0 Å². The number of hydrogen-bond donors (Lipinski definition) is 2. The zero-order valence-corrected chi connectivity index (χ0v) is 20.4. The van der Waals surface area contributed by atoms with Crippen LogP contribution >= 0.6 is 11.6 Å². The Morgan fingerprint density at radius 1 is 1.31 bits per heavy atom. The van der Waals surface area contributed by atoms with Crippen molar-refractivity contribution in [1.29, 1.82) is 0 Å². The summed E-state index contributed by atoms with van der Waals surface area (Å²) in [6.45, 7) is 4.14. The van der Waals surface area contributed by atoms with E-state index in [2.05, 4.69) is 15.3 Å². The molecule has 0 radical (unpaired) electrons. The topological polar surface area (TPSA) is 110 Å². The number of anilines is 1. The molecule has 1 fully saturated rings. The van der Waals surface area contributed by atoms with E-state index < -0.39 is 28.9 Å². The number of aliphatic imine (C=N–C) groups is 1. The number of ether oxygens (including phenoxy) is 1. The van der Waals surface area contributed by atoms with Crippen molar-refractivity contribution in [2.45, 2.75) is 57.0 Å². The number of halogens is 4. The van der Waals surface area contributed by atoms with Gasteiger partial charge in [-0.25, -0.2) is 4.99 Å². The average molecular weight is 524 g/mol. The van der Waals surface area contributed by atoms with Crippen LogP contribution in [-0.2, 0) is 21.2 Å². The summed E-state index contributed by atoms with van der Waals surface area (Å²) in [5.41, 5.74) is 3.63. The number of guanidine groups is 1. The maximum atomic E-state index is 13.3. The Bertz CT molecular complexity index is 1220. The molecule has 3 N–H and O–H groups in total. The largest absolute Gasteiger partial charge is 0.434 e. The molecule has 1 aromatic carbocycles. The van der Waals surface area contributed by atoms with Crippen molar-refractivity contribution in [3.05, 3.63) is 58.4 Å². The molecular weight excluding hydrogens is 499 g/mol. The summed E-state index contributed by atoms with van der Waals surface area (Å²) in [5.74, 6) is -1.19. The van der Waals surface area contributed by atoms with Gasteiger partial charge in [0.2, 0.25) is 5.91 Å². The number of alkyl halides is 3. The van der Waals surface area contributed by atoms with E-state index in [9.17, 15) is 22.8 Å². The molecule has 2 aliphatic heterocycles. The summed E-state index contributed by atoms with van der Waals surface area (Å²) in [4.78, 5) is 35.3. The van der Waals surface area contributed by atoms with Crippen LogP contribution < -0.4 is 11.1 Å². The average Bonchev–Trinajstić information content (AvgIpc) is 2.79. The van der Waals surface area contributed by atoms with E-state index in [4.69, 9.17) is 22.1 Å². The van der Waals surface area contributed by atoms with Crippen LogP contribution in [0.2, 0.25) is 5.02 Å². The van der Waals surface area contributed by atoms with Crippen LogP contribution in [0.3, 0.4) is 0 Å². The van der Waals surface area contributed by atoms with E-state index >= 15 is 0 Å². The Hall–Kier alpha value is -3.18. The normalized spacial score (nSPS) is 24.9. The number of carbonyl (C=O) groups excluding carboxylic acids is 2. The molecule has 2 aromatic rings. The minimum Gasteiger partial charge on any atom is -0.378 e. The molecule has 1 aromatic heterocycles. The Labute approximate surface area is 210 Å². The highest BCUT2D eigenvalue weighted by molar-refractivity contribution is 6.35. The summed E-state index contributed by atoms with van der Waals surface area (Å²) in [6, 6.07) is 6.79. The van der Waals surface area contributed by atoms with E-state index in [1.807, 2.05) is 6.92 Å². The number of hydrogen-bond acceptors (Lipinski definition) is 6. The predicted octanol–water partition coefficient (Wildman–Crippen LogP) is 4.34. The van der Waals surface area contributed by atoms with E-state index in [1.165, 1.54) is 17.0 Å². The number of aromatic nitrogens is 1.